The lowest BCUT2D eigenvalue weighted by Crippen LogP contribution is -2.43. The van der Waals surface area contributed by atoms with E-state index in [0.29, 0.717) is 17.3 Å². The van der Waals surface area contributed by atoms with Crippen LogP contribution < -0.4 is 15.5 Å². The van der Waals surface area contributed by atoms with Gasteiger partial charge in [-0.15, -0.1) is 5.10 Å². The highest BCUT2D eigenvalue weighted by atomic mass is 16.2. The summed E-state index contributed by atoms with van der Waals surface area (Å²) in [5.74, 6) is 0.559. The molecule has 1 aliphatic heterocycles. The number of hydrogen-bond donors (Lipinski definition) is 4. The zero-order chi connectivity index (χ0) is 19.6. The summed E-state index contributed by atoms with van der Waals surface area (Å²) in [6.45, 7) is 3.53. The molecule has 10 nitrogen and oxygen atoms in total. The van der Waals surface area contributed by atoms with Crippen molar-refractivity contribution in [2.75, 3.05) is 36.4 Å². The standard InChI is InChI=1S/C19H19N9O/c29-19(24-14-11-21-6-5-15(14)28-9-7-20-8-10-28)18-25-17(26-27-18)16-22-12-3-1-2-4-13(12)23-16/h1-6,11,20H,7-10H2,(H,22,23)(H,24,29)(H,25,26,27). The first-order valence-electron chi connectivity index (χ1n) is 9.36. The van der Waals surface area contributed by atoms with E-state index in [-0.39, 0.29) is 5.82 Å². The summed E-state index contributed by atoms with van der Waals surface area (Å²) in [6.07, 6.45) is 3.36. The second kappa shape index (κ2) is 7.32. The Hall–Kier alpha value is -3.79. The Morgan fingerprint density at radius 2 is 1.93 bits per heavy atom. The van der Waals surface area contributed by atoms with Crippen LogP contribution in [0.1, 0.15) is 10.6 Å². The fraction of sp³-hybridized carbons (Fsp3) is 0.211. The van der Waals surface area contributed by atoms with Gasteiger partial charge in [0.15, 0.2) is 11.6 Å². The monoisotopic (exact) mass is 389 g/mol. The molecule has 0 atom stereocenters. The molecular formula is C19H19N9O. The predicted molar refractivity (Wildman–Crippen MR) is 109 cm³/mol. The van der Waals surface area contributed by atoms with E-state index in [4.69, 9.17) is 0 Å². The van der Waals surface area contributed by atoms with E-state index in [1.54, 1.807) is 12.4 Å². The number of imidazole rings is 1. The van der Waals surface area contributed by atoms with Gasteiger partial charge in [-0.2, -0.15) is 4.98 Å². The van der Waals surface area contributed by atoms with E-state index in [1.807, 2.05) is 30.3 Å². The van der Waals surface area contributed by atoms with Crippen LogP contribution in [0.4, 0.5) is 11.4 Å². The number of amides is 1. The summed E-state index contributed by atoms with van der Waals surface area (Å²) in [5.41, 5.74) is 3.28. The van der Waals surface area contributed by atoms with Gasteiger partial charge >= 0.3 is 0 Å². The van der Waals surface area contributed by atoms with Crippen LogP contribution in [0.2, 0.25) is 0 Å². The van der Waals surface area contributed by atoms with Crippen LogP contribution in [0.15, 0.2) is 42.7 Å². The average Bonchev–Trinajstić information content (AvgIpc) is 3.42. The normalized spacial score (nSPS) is 14.3. The second-order valence-corrected chi connectivity index (χ2v) is 6.69. The lowest BCUT2D eigenvalue weighted by molar-refractivity contribution is 0.101. The van der Waals surface area contributed by atoms with Gasteiger partial charge in [0.1, 0.15) is 0 Å². The third kappa shape index (κ3) is 3.41. The molecule has 0 spiro atoms. The molecule has 4 N–H and O–H groups in total. The van der Waals surface area contributed by atoms with Gasteiger partial charge in [0, 0.05) is 32.4 Å². The van der Waals surface area contributed by atoms with Crippen LogP contribution in [-0.2, 0) is 0 Å². The zero-order valence-electron chi connectivity index (χ0n) is 15.5. The minimum absolute atomic E-state index is 0.0376. The molecule has 3 aromatic heterocycles. The minimum Gasteiger partial charge on any atom is -0.367 e. The Balaban J connectivity index is 1.37. The van der Waals surface area contributed by atoms with Crippen molar-refractivity contribution >= 4 is 28.3 Å². The lowest BCUT2D eigenvalue weighted by atomic mass is 10.2. The molecule has 5 rings (SSSR count). The van der Waals surface area contributed by atoms with E-state index < -0.39 is 5.91 Å². The Bertz CT molecular complexity index is 1130. The number of carbonyl (C=O) groups excluding carboxylic acids is 1. The first kappa shape index (κ1) is 17.3. The molecule has 0 bridgehead atoms. The smallest absolute Gasteiger partial charge is 0.295 e. The molecule has 1 saturated heterocycles. The number of benzene rings is 1. The molecule has 4 aromatic rings. The first-order valence-corrected chi connectivity index (χ1v) is 9.36. The van der Waals surface area contributed by atoms with Crippen molar-refractivity contribution < 1.29 is 4.79 Å². The molecule has 10 heteroatoms. The van der Waals surface area contributed by atoms with Crippen molar-refractivity contribution in [2.45, 2.75) is 0 Å². The molecule has 0 saturated carbocycles. The number of piperazine rings is 1. The molecular weight excluding hydrogens is 370 g/mol. The van der Waals surface area contributed by atoms with Crippen molar-refractivity contribution in [2.24, 2.45) is 0 Å². The van der Waals surface area contributed by atoms with Crippen LogP contribution in [0, 0.1) is 0 Å². The number of rotatable bonds is 4. The molecule has 1 aromatic carbocycles. The molecule has 4 heterocycles. The van der Waals surface area contributed by atoms with Gasteiger partial charge in [0.25, 0.3) is 5.91 Å². The number of nitrogens with zero attached hydrogens (tertiary/aromatic N) is 5. The number of pyridine rings is 1. The highest BCUT2D eigenvalue weighted by Gasteiger charge is 2.19. The number of carbonyl (C=O) groups is 1. The highest BCUT2D eigenvalue weighted by Crippen LogP contribution is 2.25. The topological polar surface area (TPSA) is 128 Å². The average molecular weight is 389 g/mol. The number of aromatic amines is 2. The maximum atomic E-state index is 12.7. The quantitative estimate of drug-likeness (QED) is 0.415. The largest absolute Gasteiger partial charge is 0.367 e. The van der Waals surface area contributed by atoms with Crippen LogP contribution >= 0.6 is 0 Å². The SMILES string of the molecule is O=C(Nc1cnccc1N1CCNCC1)c1n[nH]c(-c2nc3ccccc3[nH]2)n1. The summed E-state index contributed by atoms with van der Waals surface area (Å²) >= 11 is 0. The van der Waals surface area contributed by atoms with Crippen molar-refractivity contribution in [1.29, 1.82) is 0 Å². The lowest BCUT2D eigenvalue weighted by Gasteiger charge is -2.30. The number of aromatic nitrogens is 6. The van der Waals surface area contributed by atoms with Crippen LogP contribution in [0.5, 0.6) is 0 Å². The summed E-state index contributed by atoms with van der Waals surface area (Å²) in [5, 5.41) is 13.0. The molecule has 1 amide bonds. The predicted octanol–water partition coefficient (Wildman–Crippen LogP) is 1.40. The number of para-hydroxylation sites is 2. The maximum Gasteiger partial charge on any atom is 0.295 e. The fourth-order valence-electron chi connectivity index (χ4n) is 3.38. The van der Waals surface area contributed by atoms with E-state index in [2.05, 4.69) is 45.7 Å². The van der Waals surface area contributed by atoms with Crippen LogP contribution in [-0.4, -0.2) is 62.2 Å². The minimum atomic E-state index is -0.409. The van der Waals surface area contributed by atoms with Gasteiger partial charge < -0.3 is 20.5 Å². The van der Waals surface area contributed by atoms with Gasteiger partial charge in [-0.1, -0.05) is 12.1 Å². The van der Waals surface area contributed by atoms with Crippen molar-refractivity contribution in [3.05, 3.63) is 48.5 Å². The third-order valence-electron chi connectivity index (χ3n) is 4.81. The molecule has 0 aliphatic carbocycles. The molecule has 0 radical (unpaired) electrons. The van der Waals surface area contributed by atoms with Gasteiger partial charge in [0.05, 0.1) is 28.6 Å². The zero-order valence-corrected chi connectivity index (χ0v) is 15.5. The fourth-order valence-corrected chi connectivity index (χ4v) is 3.38. The molecule has 1 aliphatic rings. The Kier molecular flexibility index (Phi) is 4.37. The Labute approximate surface area is 165 Å². The van der Waals surface area contributed by atoms with E-state index in [0.717, 1.165) is 42.9 Å². The molecule has 29 heavy (non-hydrogen) atoms. The van der Waals surface area contributed by atoms with Crippen LogP contribution in [0.25, 0.3) is 22.7 Å². The number of hydrogen-bond acceptors (Lipinski definition) is 7. The van der Waals surface area contributed by atoms with Crippen molar-refractivity contribution in [3.63, 3.8) is 0 Å². The van der Waals surface area contributed by atoms with Gasteiger partial charge in [-0.05, 0) is 18.2 Å². The second-order valence-electron chi connectivity index (χ2n) is 6.69. The summed E-state index contributed by atoms with van der Waals surface area (Å²) in [7, 11) is 0. The maximum absolute atomic E-state index is 12.7. The Morgan fingerprint density at radius 1 is 1.07 bits per heavy atom. The van der Waals surface area contributed by atoms with Gasteiger partial charge in [0.2, 0.25) is 5.82 Å². The molecule has 146 valence electrons. The summed E-state index contributed by atoms with van der Waals surface area (Å²) in [6, 6.07) is 9.57. The van der Waals surface area contributed by atoms with E-state index in [1.165, 1.54) is 0 Å². The number of H-pyrrole nitrogens is 2. The van der Waals surface area contributed by atoms with E-state index >= 15 is 0 Å². The van der Waals surface area contributed by atoms with Gasteiger partial charge in [-0.3, -0.25) is 14.9 Å². The van der Waals surface area contributed by atoms with Crippen molar-refractivity contribution in [1.82, 2.24) is 35.5 Å². The summed E-state index contributed by atoms with van der Waals surface area (Å²) < 4.78 is 0. The highest BCUT2D eigenvalue weighted by molar-refractivity contribution is 6.03. The van der Waals surface area contributed by atoms with E-state index in [9.17, 15) is 4.79 Å². The molecule has 1 fully saturated rings. The van der Waals surface area contributed by atoms with Crippen LogP contribution in [0.3, 0.4) is 0 Å². The first-order chi connectivity index (χ1) is 14.3. The van der Waals surface area contributed by atoms with Gasteiger partial charge in [-0.25, -0.2) is 4.98 Å². The number of anilines is 2. The Morgan fingerprint density at radius 3 is 2.79 bits per heavy atom. The summed E-state index contributed by atoms with van der Waals surface area (Å²) in [4.78, 5) is 31.0. The third-order valence-corrected chi connectivity index (χ3v) is 4.81. The number of nitrogens with one attached hydrogen (secondary N) is 4. The number of fused-ring (bicyclic) bond motifs is 1. The molecule has 0 unspecified atom stereocenters. The van der Waals surface area contributed by atoms with Crippen molar-refractivity contribution in [3.8, 4) is 11.6 Å².